The summed E-state index contributed by atoms with van der Waals surface area (Å²) in [5, 5.41) is 7.22. The van der Waals surface area contributed by atoms with E-state index in [1.54, 1.807) is 0 Å². The predicted octanol–water partition coefficient (Wildman–Crippen LogP) is 0.279. The van der Waals surface area contributed by atoms with Crippen LogP contribution in [0.3, 0.4) is 0 Å². The molecule has 0 saturated heterocycles. The van der Waals surface area contributed by atoms with Crippen molar-refractivity contribution in [3.8, 4) is 0 Å². The minimum atomic E-state index is 0.917. The normalized spacial score (nSPS) is 10.0. The second-order valence-corrected chi connectivity index (χ2v) is 1.93. The summed E-state index contributed by atoms with van der Waals surface area (Å²) in [5.41, 5.74) is 1.12. The fourth-order valence-corrected chi connectivity index (χ4v) is 0.697. The Labute approximate surface area is 54.7 Å². The summed E-state index contributed by atoms with van der Waals surface area (Å²) in [6.45, 7) is 5.07. The molecule has 0 amide bonds. The number of aryl methyl sites for hydroxylation is 2. The zero-order chi connectivity index (χ0) is 6.69. The molecule has 0 aromatic carbocycles. The van der Waals surface area contributed by atoms with Crippen LogP contribution in [0.5, 0.6) is 0 Å². The zero-order valence-electron chi connectivity index (χ0n) is 5.89. The molecule has 0 spiro atoms. The Morgan fingerprint density at radius 1 is 1.67 bits per heavy atom. The zero-order valence-corrected chi connectivity index (χ0v) is 5.89. The van der Waals surface area contributed by atoms with Crippen LogP contribution in [0.4, 0.5) is 0 Å². The monoisotopic (exact) mass is 126 g/mol. The maximum atomic E-state index is 4.21. The summed E-state index contributed by atoms with van der Waals surface area (Å²) in [7, 11) is 0. The van der Waals surface area contributed by atoms with Crippen molar-refractivity contribution in [2.45, 2.75) is 26.8 Å². The Morgan fingerprint density at radius 3 is 2.78 bits per heavy atom. The fourth-order valence-electron chi connectivity index (χ4n) is 0.697. The summed E-state index contributed by atoms with van der Waals surface area (Å²) in [5.74, 6) is 0. The van der Waals surface area contributed by atoms with Crippen molar-refractivity contribution in [2.24, 2.45) is 0 Å². The number of aromatic amines is 1. The summed E-state index contributed by atoms with van der Waals surface area (Å²) in [4.78, 5) is 1.82. The minimum Gasteiger partial charge on any atom is -0.174 e. The smallest absolute Gasteiger partial charge is 0.174 e. The lowest BCUT2D eigenvalue weighted by molar-refractivity contribution is -0.496. The van der Waals surface area contributed by atoms with Gasteiger partial charge in [0.05, 0.1) is 6.54 Å². The molecule has 0 unspecified atom stereocenters. The third kappa shape index (κ3) is 1.28. The maximum absolute atomic E-state index is 4.21. The topological polar surface area (TPSA) is 32.0 Å². The number of aromatic nitrogens is 3. The predicted molar refractivity (Wildman–Crippen MR) is 33.8 cm³/mol. The molecule has 3 heteroatoms. The van der Waals surface area contributed by atoms with E-state index < -0.39 is 0 Å². The first kappa shape index (κ1) is 6.26. The average molecular weight is 126 g/mol. The number of hydrogen-bond donors (Lipinski definition) is 0. The molecular weight excluding hydrogens is 114 g/mol. The molecule has 3 nitrogen and oxygen atoms in total. The Bertz CT molecular complexity index is 162. The lowest BCUT2D eigenvalue weighted by Gasteiger charge is -1.77. The third-order valence-electron chi connectivity index (χ3n) is 1.29. The van der Waals surface area contributed by atoms with Gasteiger partial charge in [-0.1, -0.05) is 6.92 Å². The van der Waals surface area contributed by atoms with E-state index in [0.717, 1.165) is 18.7 Å². The van der Waals surface area contributed by atoms with Gasteiger partial charge in [0.2, 0.25) is 5.69 Å². The molecule has 0 aliphatic rings. The van der Waals surface area contributed by atoms with Crippen molar-refractivity contribution in [3.05, 3.63) is 11.9 Å². The lowest BCUT2D eigenvalue weighted by atomic mass is 10.4. The Kier molecular flexibility index (Phi) is 1.82. The summed E-state index contributed by atoms with van der Waals surface area (Å²) >= 11 is 0. The summed E-state index contributed by atoms with van der Waals surface area (Å²) in [6.07, 6.45) is 2.94. The molecule has 0 radical (unpaired) electrons. The molecule has 0 atom stereocenters. The second kappa shape index (κ2) is 2.62. The van der Waals surface area contributed by atoms with E-state index in [9.17, 15) is 0 Å². The molecule has 0 bridgehead atoms. The SMILES string of the molecule is CCc1c[nH+]n(CC)n1. The van der Waals surface area contributed by atoms with Crippen LogP contribution in [-0.4, -0.2) is 9.90 Å². The molecule has 1 N–H and O–H groups in total. The average Bonchev–Trinajstić information content (AvgIpc) is 2.34. The highest BCUT2D eigenvalue weighted by Crippen LogP contribution is 1.86. The molecule has 0 fully saturated rings. The van der Waals surface area contributed by atoms with Gasteiger partial charge < -0.3 is 0 Å². The van der Waals surface area contributed by atoms with Gasteiger partial charge in [0, 0.05) is 11.5 Å². The number of nitrogens with zero attached hydrogens (tertiary/aromatic N) is 2. The maximum Gasteiger partial charge on any atom is 0.218 e. The van der Waals surface area contributed by atoms with Crippen molar-refractivity contribution >= 4 is 0 Å². The van der Waals surface area contributed by atoms with Crippen LogP contribution < -0.4 is 5.10 Å². The van der Waals surface area contributed by atoms with E-state index in [4.69, 9.17) is 0 Å². The third-order valence-corrected chi connectivity index (χ3v) is 1.29. The van der Waals surface area contributed by atoms with Crippen LogP contribution in [0.2, 0.25) is 0 Å². The molecule has 1 rings (SSSR count). The van der Waals surface area contributed by atoms with Crippen molar-refractivity contribution < 1.29 is 5.10 Å². The van der Waals surface area contributed by atoms with Gasteiger partial charge in [-0.05, 0) is 11.7 Å². The fraction of sp³-hybridized carbons (Fsp3) is 0.667. The van der Waals surface area contributed by atoms with Crippen molar-refractivity contribution in [2.75, 3.05) is 0 Å². The number of rotatable bonds is 2. The largest absolute Gasteiger partial charge is 0.218 e. The van der Waals surface area contributed by atoms with Gasteiger partial charge >= 0.3 is 0 Å². The van der Waals surface area contributed by atoms with Crippen LogP contribution in [0.25, 0.3) is 0 Å². The lowest BCUT2D eigenvalue weighted by Crippen LogP contribution is -2.16. The number of hydrogen-bond acceptors (Lipinski definition) is 1. The Balaban J connectivity index is 2.74. The molecule has 9 heavy (non-hydrogen) atoms. The first-order valence-electron chi connectivity index (χ1n) is 3.31. The highest BCUT2D eigenvalue weighted by Gasteiger charge is 2.02. The molecule has 1 aromatic heterocycles. The van der Waals surface area contributed by atoms with E-state index in [1.807, 2.05) is 11.0 Å². The summed E-state index contributed by atoms with van der Waals surface area (Å²) < 4.78 is 0. The van der Waals surface area contributed by atoms with Crippen LogP contribution in [0, 0.1) is 0 Å². The standard InChI is InChI=1S/C6H11N3/c1-3-6-5-7-9(4-2)8-6/h5H,3-4H2,1-2H3/p+1. The van der Waals surface area contributed by atoms with Gasteiger partial charge in [0.25, 0.3) is 0 Å². The molecular formula is C6H12N3+. The first-order valence-corrected chi connectivity index (χ1v) is 3.31. The molecule has 1 aromatic rings. The highest BCUT2D eigenvalue weighted by molar-refractivity contribution is 4.84. The highest BCUT2D eigenvalue weighted by atomic mass is 15.5. The minimum absolute atomic E-state index is 0.917. The van der Waals surface area contributed by atoms with E-state index in [-0.39, 0.29) is 0 Å². The van der Waals surface area contributed by atoms with E-state index in [0.29, 0.717) is 0 Å². The van der Waals surface area contributed by atoms with Gasteiger partial charge in [-0.15, -0.1) is 0 Å². The van der Waals surface area contributed by atoms with Gasteiger partial charge in [-0.25, -0.2) is 0 Å². The first-order chi connectivity index (χ1) is 4.36. The Morgan fingerprint density at radius 2 is 2.44 bits per heavy atom. The van der Waals surface area contributed by atoms with Crippen LogP contribution >= 0.6 is 0 Å². The van der Waals surface area contributed by atoms with Crippen molar-refractivity contribution in [3.63, 3.8) is 0 Å². The molecule has 0 saturated carbocycles. The summed E-state index contributed by atoms with van der Waals surface area (Å²) in [6, 6.07) is 0. The van der Waals surface area contributed by atoms with Gasteiger partial charge in [0.1, 0.15) is 0 Å². The molecule has 50 valence electrons. The van der Waals surface area contributed by atoms with Crippen LogP contribution in [0.1, 0.15) is 19.5 Å². The van der Waals surface area contributed by atoms with Crippen LogP contribution in [0.15, 0.2) is 6.20 Å². The number of nitrogens with one attached hydrogen (secondary N) is 1. The second-order valence-electron chi connectivity index (χ2n) is 1.93. The van der Waals surface area contributed by atoms with Crippen LogP contribution in [-0.2, 0) is 13.0 Å². The van der Waals surface area contributed by atoms with E-state index in [2.05, 4.69) is 24.0 Å². The van der Waals surface area contributed by atoms with Gasteiger partial charge in [0.15, 0.2) is 6.20 Å². The van der Waals surface area contributed by atoms with Gasteiger partial charge in [-0.3, -0.25) is 0 Å². The quantitative estimate of drug-likeness (QED) is 0.560. The molecule has 0 aliphatic heterocycles. The van der Waals surface area contributed by atoms with Crippen molar-refractivity contribution in [1.82, 2.24) is 9.90 Å². The number of H-pyrrole nitrogens is 1. The molecule has 1 heterocycles. The van der Waals surface area contributed by atoms with Crippen molar-refractivity contribution in [1.29, 1.82) is 0 Å². The van der Waals surface area contributed by atoms with Gasteiger partial charge in [-0.2, -0.15) is 5.10 Å². The Hall–Kier alpha value is -0.860. The van der Waals surface area contributed by atoms with E-state index >= 15 is 0 Å². The van der Waals surface area contributed by atoms with E-state index in [1.165, 1.54) is 0 Å². The molecule has 0 aliphatic carbocycles.